The van der Waals surface area contributed by atoms with Crippen LogP contribution in [0.1, 0.15) is 46.1 Å². The highest BCUT2D eigenvalue weighted by atomic mass is 32.2. The van der Waals surface area contributed by atoms with Crippen molar-refractivity contribution in [2.45, 2.75) is 46.0 Å². The minimum absolute atomic E-state index is 0.0362. The summed E-state index contributed by atoms with van der Waals surface area (Å²) in [4.78, 5) is 0. The van der Waals surface area contributed by atoms with Crippen LogP contribution >= 0.6 is 0 Å². The van der Waals surface area contributed by atoms with Crippen LogP contribution in [0.15, 0.2) is 24.3 Å². The Balaban J connectivity index is 2.36. The molecule has 0 saturated heterocycles. The molecule has 0 bridgehead atoms. The highest BCUT2D eigenvalue weighted by molar-refractivity contribution is 7.89. The van der Waals surface area contributed by atoms with Gasteiger partial charge in [-0.05, 0) is 41.9 Å². The first-order valence-electron chi connectivity index (χ1n) is 7.32. The van der Waals surface area contributed by atoms with E-state index in [1.807, 2.05) is 19.1 Å². The predicted octanol–water partition coefficient (Wildman–Crippen LogP) is 3.07. The highest BCUT2D eigenvalue weighted by Crippen LogP contribution is 2.24. The molecule has 0 spiro atoms. The van der Waals surface area contributed by atoms with Gasteiger partial charge in [-0.2, -0.15) is 0 Å². The van der Waals surface area contributed by atoms with Crippen LogP contribution in [-0.4, -0.2) is 20.8 Å². The van der Waals surface area contributed by atoms with E-state index in [9.17, 15) is 8.42 Å². The maximum Gasteiger partial charge on any atom is 0.209 e. The van der Waals surface area contributed by atoms with Gasteiger partial charge in [0.05, 0.1) is 12.4 Å². The molecule has 1 unspecified atom stereocenters. The van der Waals surface area contributed by atoms with Crippen molar-refractivity contribution in [1.29, 1.82) is 0 Å². The van der Waals surface area contributed by atoms with E-state index in [2.05, 4.69) is 32.9 Å². The summed E-state index contributed by atoms with van der Waals surface area (Å²) in [6.07, 6.45) is 1.39. The Kier molecular flexibility index (Phi) is 6.23. The first-order valence-corrected chi connectivity index (χ1v) is 9.03. The third-order valence-corrected chi connectivity index (χ3v) is 4.30. The lowest BCUT2D eigenvalue weighted by Gasteiger charge is -2.19. The van der Waals surface area contributed by atoms with Gasteiger partial charge in [-0.15, -0.1) is 0 Å². The zero-order valence-electron chi connectivity index (χ0n) is 13.4. The van der Waals surface area contributed by atoms with Gasteiger partial charge in [0.25, 0.3) is 0 Å². The highest BCUT2D eigenvalue weighted by Gasteiger charge is 2.13. The van der Waals surface area contributed by atoms with Crippen molar-refractivity contribution >= 4 is 10.0 Å². The first kappa shape index (κ1) is 18.0. The molecule has 4 nitrogen and oxygen atoms in total. The van der Waals surface area contributed by atoms with E-state index in [0.29, 0.717) is 13.0 Å². The molecule has 120 valence electrons. The van der Waals surface area contributed by atoms with E-state index < -0.39 is 10.0 Å². The molecule has 0 radical (unpaired) electrons. The molecule has 1 rings (SSSR count). The second kappa shape index (κ2) is 7.27. The molecule has 0 aliphatic carbocycles. The molecule has 0 amide bonds. The zero-order chi connectivity index (χ0) is 16.1. The fourth-order valence-corrected chi connectivity index (χ4v) is 2.67. The van der Waals surface area contributed by atoms with Gasteiger partial charge >= 0.3 is 0 Å². The second-order valence-corrected chi connectivity index (χ2v) is 8.41. The molecule has 0 heterocycles. The normalized spacial score (nSPS) is 14.0. The van der Waals surface area contributed by atoms with Gasteiger partial charge in [-0.3, -0.25) is 0 Å². The largest absolute Gasteiger partial charge is 0.494 e. The fraction of sp³-hybridized carbons (Fsp3) is 0.625. The van der Waals surface area contributed by atoms with E-state index in [1.165, 1.54) is 5.56 Å². The molecular formula is C16H27NO3S. The summed E-state index contributed by atoms with van der Waals surface area (Å²) >= 11 is 0. The maximum absolute atomic E-state index is 10.9. The summed E-state index contributed by atoms with van der Waals surface area (Å²) in [6, 6.07) is 8.13. The topological polar surface area (TPSA) is 69.4 Å². The van der Waals surface area contributed by atoms with Crippen molar-refractivity contribution in [2.24, 2.45) is 11.1 Å². The molecule has 1 aromatic carbocycles. The Labute approximate surface area is 128 Å². The minimum atomic E-state index is -3.36. The third kappa shape index (κ3) is 7.48. The Morgan fingerprint density at radius 2 is 1.71 bits per heavy atom. The van der Waals surface area contributed by atoms with Crippen LogP contribution in [0.25, 0.3) is 0 Å². The smallest absolute Gasteiger partial charge is 0.209 e. The molecule has 1 atom stereocenters. The molecule has 0 aliphatic rings. The molecule has 2 N–H and O–H groups in total. The molecule has 5 heteroatoms. The quantitative estimate of drug-likeness (QED) is 0.841. The van der Waals surface area contributed by atoms with Crippen LogP contribution in [0.3, 0.4) is 0 Å². The van der Waals surface area contributed by atoms with Crippen LogP contribution in [0.4, 0.5) is 0 Å². The van der Waals surface area contributed by atoms with Crippen molar-refractivity contribution < 1.29 is 13.2 Å². The van der Waals surface area contributed by atoms with E-state index >= 15 is 0 Å². The Morgan fingerprint density at radius 1 is 1.14 bits per heavy atom. The molecule has 21 heavy (non-hydrogen) atoms. The second-order valence-electron chi connectivity index (χ2n) is 6.67. The Morgan fingerprint density at radius 3 is 2.19 bits per heavy atom. The number of benzene rings is 1. The van der Waals surface area contributed by atoms with Gasteiger partial charge in [0.15, 0.2) is 0 Å². The summed E-state index contributed by atoms with van der Waals surface area (Å²) in [6.45, 7) is 9.13. The Hall–Kier alpha value is -1.07. The third-order valence-electron chi connectivity index (χ3n) is 3.49. The Bertz CT molecular complexity index is 530. The van der Waals surface area contributed by atoms with Gasteiger partial charge in [-0.25, -0.2) is 13.6 Å². The average Bonchev–Trinajstić information content (AvgIpc) is 2.35. The lowest BCUT2D eigenvalue weighted by Crippen LogP contribution is -2.18. The zero-order valence-corrected chi connectivity index (χ0v) is 14.2. The van der Waals surface area contributed by atoms with Crippen LogP contribution in [0, 0.1) is 5.92 Å². The number of sulfonamides is 1. The van der Waals surface area contributed by atoms with Crippen LogP contribution in [-0.2, 0) is 15.4 Å². The summed E-state index contributed by atoms with van der Waals surface area (Å²) in [5.74, 6) is 1.16. The summed E-state index contributed by atoms with van der Waals surface area (Å²) in [5.41, 5.74) is 1.41. The lowest BCUT2D eigenvalue weighted by molar-refractivity contribution is 0.281. The number of hydrogen-bond acceptors (Lipinski definition) is 3. The summed E-state index contributed by atoms with van der Waals surface area (Å²) in [5, 5.41) is 4.99. The van der Waals surface area contributed by atoms with Crippen LogP contribution in [0.5, 0.6) is 5.75 Å². The van der Waals surface area contributed by atoms with Gasteiger partial charge in [0.2, 0.25) is 10.0 Å². The molecule has 0 saturated carbocycles. The van der Waals surface area contributed by atoms with Crippen molar-refractivity contribution in [3.63, 3.8) is 0 Å². The summed E-state index contributed by atoms with van der Waals surface area (Å²) in [7, 11) is -3.36. The van der Waals surface area contributed by atoms with E-state index in [0.717, 1.165) is 12.2 Å². The minimum Gasteiger partial charge on any atom is -0.494 e. The number of ether oxygens (including phenoxy) is 1. The number of rotatable bonds is 7. The van der Waals surface area contributed by atoms with Crippen molar-refractivity contribution in [3.05, 3.63) is 29.8 Å². The predicted molar refractivity (Wildman–Crippen MR) is 87.0 cm³/mol. The van der Waals surface area contributed by atoms with Gasteiger partial charge in [-0.1, -0.05) is 39.8 Å². The van der Waals surface area contributed by atoms with Crippen molar-refractivity contribution in [2.75, 3.05) is 12.4 Å². The van der Waals surface area contributed by atoms with Crippen molar-refractivity contribution in [1.82, 2.24) is 0 Å². The van der Waals surface area contributed by atoms with Crippen LogP contribution < -0.4 is 9.88 Å². The van der Waals surface area contributed by atoms with E-state index in [-0.39, 0.29) is 17.1 Å². The molecular weight excluding hydrogens is 286 g/mol. The fourth-order valence-electron chi connectivity index (χ4n) is 1.94. The van der Waals surface area contributed by atoms with E-state index in [1.54, 1.807) is 0 Å². The number of nitrogens with two attached hydrogens (primary N) is 1. The SMILES string of the molecule is CC(CCOc1ccc(C(C)(C)C)cc1)CCS(N)(=O)=O. The molecule has 1 aromatic rings. The van der Waals surface area contributed by atoms with Gasteiger partial charge < -0.3 is 4.74 Å². The maximum atomic E-state index is 10.9. The van der Waals surface area contributed by atoms with Crippen LogP contribution in [0.2, 0.25) is 0 Å². The monoisotopic (exact) mass is 313 g/mol. The molecule has 0 aromatic heterocycles. The lowest BCUT2D eigenvalue weighted by atomic mass is 9.87. The standard InChI is InChI=1S/C16H27NO3S/c1-13(10-12-21(17,18)19)9-11-20-15-7-5-14(6-8-15)16(2,3)4/h5-8,13H,9-12H2,1-4H3,(H2,17,18,19). The van der Waals surface area contributed by atoms with Crippen molar-refractivity contribution in [3.8, 4) is 5.75 Å². The van der Waals surface area contributed by atoms with Gasteiger partial charge in [0, 0.05) is 0 Å². The first-order chi connectivity index (χ1) is 9.58. The average molecular weight is 313 g/mol. The number of hydrogen-bond donors (Lipinski definition) is 1. The number of primary sulfonamides is 1. The van der Waals surface area contributed by atoms with Gasteiger partial charge in [0.1, 0.15) is 5.75 Å². The molecule has 0 fully saturated rings. The van der Waals surface area contributed by atoms with E-state index in [4.69, 9.17) is 9.88 Å². The summed E-state index contributed by atoms with van der Waals surface area (Å²) < 4.78 is 27.5. The molecule has 0 aliphatic heterocycles.